The van der Waals surface area contributed by atoms with Gasteiger partial charge in [0.2, 0.25) is 0 Å². The van der Waals surface area contributed by atoms with E-state index in [4.69, 9.17) is 5.11 Å². The Kier molecular flexibility index (Phi) is 3.57. The number of aromatic hydroxyl groups is 2. The van der Waals surface area contributed by atoms with Crippen LogP contribution in [0.5, 0.6) is 11.5 Å². The second-order valence-corrected chi connectivity index (χ2v) is 3.79. The molecule has 1 aromatic rings. The van der Waals surface area contributed by atoms with Gasteiger partial charge in [-0.2, -0.15) is 0 Å². The van der Waals surface area contributed by atoms with Crippen molar-refractivity contribution in [3.8, 4) is 11.5 Å². The van der Waals surface area contributed by atoms with Crippen molar-refractivity contribution in [2.24, 2.45) is 0 Å². The molecule has 0 heterocycles. The number of phenolic OH excluding ortho intramolecular Hbond substituents is 1. The summed E-state index contributed by atoms with van der Waals surface area (Å²) in [7, 11) is 0. The van der Waals surface area contributed by atoms with Crippen LogP contribution in [-0.4, -0.2) is 33.2 Å². The molecule has 17 heavy (non-hydrogen) atoms. The summed E-state index contributed by atoms with van der Waals surface area (Å²) in [6, 6.07) is 2.05. The molecule has 92 valence electrons. The number of hydrogen-bond acceptors (Lipinski definition) is 4. The predicted octanol–water partition coefficient (Wildman–Crippen LogP) is 0.934. The molecule has 0 saturated heterocycles. The first-order chi connectivity index (χ1) is 7.84. The van der Waals surface area contributed by atoms with E-state index in [0.717, 1.165) is 12.1 Å². The SMILES string of the molecule is CC(C)NC(=O)c1ccc(O)c(O)c1C(=O)O. The number of carbonyl (C=O) groups excluding carboxylic acids is 1. The van der Waals surface area contributed by atoms with Gasteiger partial charge in [0.25, 0.3) is 5.91 Å². The molecule has 0 bridgehead atoms. The summed E-state index contributed by atoms with van der Waals surface area (Å²) in [6.45, 7) is 3.44. The van der Waals surface area contributed by atoms with Crippen molar-refractivity contribution in [3.05, 3.63) is 23.3 Å². The number of nitrogens with one attached hydrogen (secondary N) is 1. The van der Waals surface area contributed by atoms with E-state index in [2.05, 4.69) is 5.32 Å². The minimum absolute atomic E-state index is 0.167. The Morgan fingerprint density at radius 1 is 1.24 bits per heavy atom. The first-order valence-corrected chi connectivity index (χ1v) is 4.93. The Hall–Kier alpha value is -2.24. The van der Waals surface area contributed by atoms with Gasteiger partial charge in [0.1, 0.15) is 5.56 Å². The first kappa shape index (κ1) is 12.8. The van der Waals surface area contributed by atoms with E-state index in [-0.39, 0.29) is 11.6 Å². The molecular formula is C11H13NO5. The monoisotopic (exact) mass is 239 g/mol. The van der Waals surface area contributed by atoms with Crippen LogP contribution in [0.1, 0.15) is 34.6 Å². The smallest absolute Gasteiger partial charge is 0.340 e. The van der Waals surface area contributed by atoms with E-state index in [1.54, 1.807) is 13.8 Å². The molecule has 0 atom stereocenters. The zero-order chi connectivity index (χ0) is 13.2. The summed E-state index contributed by atoms with van der Waals surface area (Å²) in [5, 5.41) is 30.0. The lowest BCUT2D eigenvalue weighted by Crippen LogP contribution is -2.31. The zero-order valence-electron chi connectivity index (χ0n) is 9.39. The van der Waals surface area contributed by atoms with E-state index in [0.29, 0.717) is 0 Å². The van der Waals surface area contributed by atoms with Crippen LogP contribution in [0.25, 0.3) is 0 Å². The molecule has 0 spiro atoms. The molecule has 0 aromatic heterocycles. The molecule has 1 rings (SSSR count). The van der Waals surface area contributed by atoms with E-state index in [1.807, 2.05) is 0 Å². The summed E-state index contributed by atoms with van der Waals surface area (Å²) < 4.78 is 0. The highest BCUT2D eigenvalue weighted by molar-refractivity contribution is 6.07. The number of hydrogen-bond donors (Lipinski definition) is 4. The molecule has 0 unspecified atom stereocenters. The van der Waals surface area contributed by atoms with Crippen molar-refractivity contribution in [2.45, 2.75) is 19.9 Å². The minimum Gasteiger partial charge on any atom is -0.504 e. The molecule has 0 aliphatic rings. The Bertz CT molecular complexity index is 467. The minimum atomic E-state index is -1.48. The van der Waals surface area contributed by atoms with Gasteiger partial charge in [-0.25, -0.2) is 4.79 Å². The lowest BCUT2D eigenvalue weighted by atomic mass is 10.0. The summed E-state index contributed by atoms with van der Waals surface area (Å²) in [5.41, 5.74) is -0.801. The molecule has 0 aliphatic carbocycles. The van der Waals surface area contributed by atoms with Crippen LogP contribution in [0, 0.1) is 0 Å². The summed E-state index contributed by atoms with van der Waals surface area (Å²) in [6.07, 6.45) is 0. The largest absolute Gasteiger partial charge is 0.504 e. The summed E-state index contributed by atoms with van der Waals surface area (Å²) in [5.74, 6) is -3.49. The second kappa shape index (κ2) is 4.73. The van der Waals surface area contributed by atoms with Crippen LogP contribution in [-0.2, 0) is 0 Å². The van der Waals surface area contributed by atoms with E-state index >= 15 is 0 Å². The number of phenols is 2. The van der Waals surface area contributed by atoms with Crippen molar-refractivity contribution in [2.75, 3.05) is 0 Å². The van der Waals surface area contributed by atoms with Crippen LogP contribution < -0.4 is 5.32 Å². The molecule has 4 N–H and O–H groups in total. The molecule has 6 nitrogen and oxygen atoms in total. The summed E-state index contributed by atoms with van der Waals surface area (Å²) in [4.78, 5) is 22.6. The third-order valence-electron chi connectivity index (χ3n) is 2.03. The molecule has 0 saturated carbocycles. The average molecular weight is 239 g/mol. The second-order valence-electron chi connectivity index (χ2n) is 3.79. The number of carboxylic acid groups (broad SMARTS) is 1. The van der Waals surface area contributed by atoms with Crippen molar-refractivity contribution in [1.29, 1.82) is 0 Å². The lowest BCUT2D eigenvalue weighted by Gasteiger charge is -2.11. The maximum absolute atomic E-state index is 11.7. The van der Waals surface area contributed by atoms with Gasteiger partial charge < -0.3 is 20.6 Å². The number of aromatic carboxylic acids is 1. The van der Waals surface area contributed by atoms with Gasteiger partial charge in [-0.3, -0.25) is 4.79 Å². The predicted molar refractivity (Wildman–Crippen MR) is 59.3 cm³/mol. The quantitative estimate of drug-likeness (QED) is 0.587. The molecule has 0 fully saturated rings. The van der Waals surface area contributed by atoms with Crippen molar-refractivity contribution in [1.82, 2.24) is 5.32 Å². The highest BCUT2D eigenvalue weighted by atomic mass is 16.4. The van der Waals surface area contributed by atoms with Crippen LogP contribution in [0.2, 0.25) is 0 Å². The molecular weight excluding hydrogens is 226 g/mol. The van der Waals surface area contributed by atoms with Gasteiger partial charge in [0.05, 0.1) is 5.56 Å². The van der Waals surface area contributed by atoms with Gasteiger partial charge in [-0.05, 0) is 26.0 Å². The Morgan fingerprint density at radius 3 is 2.29 bits per heavy atom. The number of carboxylic acids is 1. The Morgan fingerprint density at radius 2 is 1.82 bits per heavy atom. The van der Waals surface area contributed by atoms with E-state index < -0.39 is 28.9 Å². The summed E-state index contributed by atoms with van der Waals surface area (Å²) >= 11 is 0. The normalized spacial score (nSPS) is 10.3. The molecule has 6 heteroatoms. The lowest BCUT2D eigenvalue weighted by molar-refractivity contribution is 0.0686. The van der Waals surface area contributed by atoms with Gasteiger partial charge in [0.15, 0.2) is 11.5 Å². The third kappa shape index (κ3) is 2.66. The standard InChI is InChI=1S/C11H13NO5/c1-5(2)12-10(15)6-3-4-7(13)9(14)8(6)11(16)17/h3-5,13-14H,1-2H3,(H,12,15)(H,16,17). The molecule has 0 aliphatic heterocycles. The maximum Gasteiger partial charge on any atom is 0.340 e. The van der Waals surface area contributed by atoms with Crippen molar-refractivity contribution >= 4 is 11.9 Å². The first-order valence-electron chi connectivity index (χ1n) is 4.93. The maximum atomic E-state index is 11.7. The third-order valence-corrected chi connectivity index (χ3v) is 2.03. The average Bonchev–Trinajstić information content (AvgIpc) is 2.19. The van der Waals surface area contributed by atoms with Crippen molar-refractivity contribution < 1.29 is 24.9 Å². The Labute approximate surface area is 97.5 Å². The van der Waals surface area contributed by atoms with Crippen LogP contribution in [0.15, 0.2) is 12.1 Å². The van der Waals surface area contributed by atoms with E-state index in [9.17, 15) is 19.8 Å². The molecule has 1 amide bonds. The number of rotatable bonds is 3. The number of amides is 1. The zero-order valence-corrected chi connectivity index (χ0v) is 9.39. The van der Waals surface area contributed by atoms with Crippen LogP contribution in [0.4, 0.5) is 0 Å². The van der Waals surface area contributed by atoms with Crippen LogP contribution >= 0.6 is 0 Å². The van der Waals surface area contributed by atoms with Crippen molar-refractivity contribution in [3.63, 3.8) is 0 Å². The van der Waals surface area contributed by atoms with Gasteiger partial charge in [-0.15, -0.1) is 0 Å². The van der Waals surface area contributed by atoms with E-state index in [1.165, 1.54) is 0 Å². The van der Waals surface area contributed by atoms with Crippen LogP contribution in [0.3, 0.4) is 0 Å². The highest BCUT2D eigenvalue weighted by Crippen LogP contribution is 2.31. The van der Waals surface area contributed by atoms with Gasteiger partial charge >= 0.3 is 5.97 Å². The highest BCUT2D eigenvalue weighted by Gasteiger charge is 2.23. The Balaban J connectivity index is 3.29. The fraction of sp³-hybridized carbons (Fsp3) is 0.273. The number of benzene rings is 1. The van der Waals surface area contributed by atoms with Gasteiger partial charge in [-0.1, -0.05) is 0 Å². The number of carbonyl (C=O) groups is 2. The topological polar surface area (TPSA) is 107 Å². The molecule has 0 radical (unpaired) electrons. The van der Waals surface area contributed by atoms with Gasteiger partial charge in [0, 0.05) is 6.04 Å². The molecule has 1 aromatic carbocycles. The fourth-order valence-electron chi connectivity index (χ4n) is 1.33. The fourth-order valence-corrected chi connectivity index (χ4v) is 1.33.